The lowest BCUT2D eigenvalue weighted by molar-refractivity contribution is 0.138. The average molecular weight is 252 g/mol. The zero-order chi connectivity index (χ0) is 12.0. The minimum Gasteiger partial charge on any atom is -0.486 e. The van der Waals surface area contributed by atoms with Crippen molar-refractivity contribution in [1.29, 1.82) is 0 Å². The second-order valence-corrected chi connectivity index (χ2v) is 6.13. The van der Waals surface area contributed by atoms with Crippen molar-refractivity contribution < 1.29 is 4.74 Å². The first kappa shape index (κ1) is 11.4. The number of rotatable bonds is 1. The number of hydrogen-bond donors (Lipinski definition) is 1. The largest absolute Gasteiger partial charge is 0.486 e. The van der Waals surface area contributed by atoms with Gasteiger partial charge in [0.2, 0.25) is 0 Å². The summed E-state index contributed by atoms with van der Waals surface area (Å²) >= 11 is 6.34. The van der Waals surface area contributed by atoms with Crippen LogP contribution in [0.25, 0.3) is 0 Å². The molecule has 17 heavy (non-hydrogen) atoms. The molecule has 0 radical (unpaired) electrons. The minimum atomic E-state index is -0.113. The van der Waals surface area contributed by atoms with E-state index in [1.165, 1.54) is 17.5 Å². The van der Waals surface area contributed by atoms with Gasteiger partial charge < -0.3 is 10.1 Å². The van der Waals surface area contributed by atoms with Gasteiger partial charge in [-0.25, -0.2) is 0 Å². The summed E-state index contributed by atoms with van der Waals surface area (Å²) in [6, 6.07) is 4.37. The maximum Gasteiger partial charge on any atom is 0.142 e. The molecular weight excluding hydrogens is 234 g/mol. The maximum absolute atomic E-state index is 6.34. The topological polar surface area (TPSA) is 21.3 Å². The molecule has 1 unspecified atom stereocenters. The molecule has 0 saturated carbocycles. The summed E-state index contributed by atoms with van der Waals surface area (Å²) in [5.41, 5.74) is 2.52. The monoisotopic (exact) mass is 251 g/mol. The van der Waals surface area contributed by atoms with Crippen LogP contribution in [0.4, 0.5) is 0 Å². The lowest BCUT2D eigenvalue weighted by atomic mass is 9.94. The van der Waals surface area contributed by atoms with Crippen molar-refractivity contribution in [2.45, 2.75) is 38.2 Å². The van der Waals surface area contributed by atoms with E-state index in [0.717, 1.165) is 30.3 Å². The van der Waals surface area contributed by atoms with Gasteiger partial charge in [0.25, 0.3) is 0 Å². The molecule has 92 valence electrons. The Balaban J connectivity index is 1.98. The lowest BCUT2D eigenvalue weighted by Crippen LogP contribution is -2.24. The average Bonchev–Trinajstić information content (AvgIpc) is 2.83. The van der Waals surface area contributed by atoms with Crippen molar-refractivity contribution in [2.24, 2.45) is 0 Å². The zero-order valence-electron chi connectivity index (χ0n) is 10.3. The maximum atomic E-state index is 6.34. The van der Waals surface area contributed by atoms with Crippen LogP contribution in [0.15, 0.2) is 12.1 Å². The lowest BCUT2D eigenvalue weighted by Gasteiger charge is -2.17. The molecule has 1 N–H and O–H groups in total. The molecule has 1 aromatic rings. The standard InChI is InChI=1S/C14H18ClNO/c1-14(2)7-11-5-10(9-3-4-16-8-9)6-12(15)13(11)17-14/h5-6,9,16H,3-4,7-8H2,1-2H3. The van der Waals surface area contributed by atoms with E-state index < -0.39 is 0 Å². The van der Waals surface area contributed by atoms with Gasteiger partial charge in [-0.05, 0) is 49.9 Å². The minimum absolute atomic E-state index is 0.113. The molecule has 3 heteroatoms. The SMILES string of the molecule is CC1(C)Cc2cc(C3CCNC3)cc(Cl)c2O1. The van der Waals surface area contributed by atoms with Gasteiger partial charge in [-0.3, -0.25) is 0 Å². The van der Waals surface area contributed by atoms with Crippen LogP contribution >= 0.6 is 11.6 Å². The fraction of sp³-hybridized carbons (Fsp3) is 0.571. The fourth-order valence-electron chi connectivity index (χ4n) is 2.87. The molecule has 1 saturated heterocycles. The first-order chi connectivity index (χ1) is 8.05. The van der Waals surface area contributed by atoms with Crippen molar-refractivity contribution in [3.8, 4) is 5.75 Å². The van der Waals surface area contributed by atoms with Gasteiger partial charge in [0, 0.05) is 13.0 Å². The summed E-state index contributed by atoms with van der Waals surface area (Å²) in [6.07, 6.45) is 2.16. The third-order valence-corrected chi connectivity index (χ3v) is 3.95. The summed E-state index contributed by atoms with van der Waals surface area (Å²) in [6.45, 7) is 6.40. The van der Waals surface area contributed by atoms with Crippen molar-refractivity contribution in [3.63, 3.8) is 0 Å². The molecule has 2 aliphatic rings. The third kappa shape index (κ3) is 2.04. The number of hydrogen-bond acceptors (Lipinski definition) is 2. The highest BCUT2D eigenvalue weighted by Gasteiger charge is 2.32. The van der Waals surface area contributed by atoms with Crippen LogP contribution in [0.2, 0.25) is 5.02 Å². The molecule has 3 rings (SSSR count). The van der Waals surface area contributed by atoms with Crippen LogP contribution in [-0.4, -0.2) is 18.7 Å². The molecule has 0 spiro atoms. The molecule has 0 aromatic heterocycles. The number of ether oxygens (including phenoxy) is 1. The number of fused-ring (bicyclic) bond motifs is 1. The molecule has 1 fully saturated rings. The van der Waals surface area contributed by atoms with E-state index in [1.807, 2.05) is 0 Å². The predicted octanol–water partition coefficient (Wildman–Crippen LogP) is 3.13. The Labute approximate surface area is 107 Å². The fourth-order valence-corrected chi connectivity index (χ4v) is 3.15. The normalized spacial score (nSPS) is 25.7. The van der Waals surface area contributed by atoms with E-state index in [2.05, 4.69) is 31.3 Å². The first-order valence-corrected chi connectivity index (χ1v) is 6.65. The molecular formula is C14H18ClNO. The second kappa shape index (κ2) is 3.89. The molecule has 0 bridgehead atoms. The summed E-state index contributed by atoms with van der Waals surface area (Å²) in [7, 11) is 0. The summed E-state index contributed by atoms with van der Waals surface area (Å²) < 4.78 is 5.90. The van der Waals surface area contributed by atoms with Crippen molar-refractivity contribution in [1.82, 2.24) is 5.32 Å². The van der Waals surface area contributed by atoms with Crippen LogP contribution in [0.3, 0.4) is 0 Å². The van der Waals surface area contributed by atoms with Gasteiger partial charge in [0.1, 0.15) is 11.4 Å². The number of benzene rings is 1. The Hall–Kier alpha value is -0.730. The van der Waals surface area contributed by atoms with Gasteiger partial charge in [-0.2, -0.15) is 0 Å². The van der Waals surface area contributed by atoms with Gasteiger partial charge in [-0.15, -0.1) is 0 Å². The third-order valence-electron chi connectivity index (χ3n) is 3.67. The Bertz CT molecular complexity index is 450. The Kier molecular flexibility index (Phi) is 2.60. The van der Waals surface area contributed by atoms with Crippen molar-refractivity contribution >= 4 is 11.6 Å². The quantitative estimate of drug-likeness (QED) is 0.828. The summed E-state index contributed by atoms with van der Waals surface area (Å²) in [5.74, 6) is 1.51. The van der Waals surface area contributed by atoms with Gasteiger partial charge in [0.05, 0.1) is 5.02 Å². The number of nitrogens with one attached hydrogen (secondary N) is 1. The first-order valence-electron chi connectivity index (χ1n) is 6.27. The molecule has 0 aliphatic carbocycles. The van der Waals surface area contributed by atoms with Gasteiger partial charge in [0.15, 0.2) is 0 Å². The Morgan fingerprint density at radius 2 is 2.24 bits per heavy atom. The summed E-state index contributed by atoms with van der Waals surface area (Å²) in [4.78, 5) is 0. The molecule has 1 atom stereocenters. The van der Waals surface area contributed by atoms with E-state index in [0.29, 0.717) is 5.92 Å². The highest BCUT2D eigenvalue weighted by molar-refractivity contribution is 6.32. The van der Waals surface area contributed by atoms with E-state index in [-0.39, 0.29) is 5.60 Å². The van der Waals surface area contributed by atoms with Crippen LogP contribution in [0.1, 0.15) is 37.3 Å². The second-order valence-electron chi connectivity index (χ2n) is 5.72. The van der Waals surface area contributed by atoms with E-state index >= 15 is 0 Å². The smallest absolute Gasteiger partial charge is 0.142 e. The molecule has 1 aromatic carbocycles. The highest BCUT2D eigenvalue weighted by Crippen LogP contribution is 2.42. The number of halogens is 1. The predicted molar refractivity (Wildman–Crippen MR) is 70.1 cm³/mol. The molecule has 0 amide bonds. The molecule has 2 nitrogen and oxygen atoms in total. The van der Waals surface area contributed by atoms with Crippen LogP contribution in [0.5, 0.6) is 5.75 Å². The zero-order valence-corrected chi connectivity index (χ0v) is 11.1. The van der Waals surface area contributed by atoms with Crippen molar-refractivity contribution in [3.05, 3.63) is 28.3 Å². The van der Waals surface area contributed by atoms with Crippen LogP contribution in [0, 0.1) is 0 Å². The Morgan fingerprint density at radius 3 is 2.94 bits per heavy atom. The summed E-state index contributed by atoms with van der Waals surface area (Å²) in [5, 5.41) is 4.17. The highest BCUT2D eigenvalue weighted by atomic mass is 35.5. The van der Waals surface area contributed by atoms with Crippen molar-refractivity contribution in [2.75, 3.05) is 13.1 Å². The van der Waals surface area contributed by atoms with Crippen LogP contribution in [-0.2, 0) is 6.42 Å². The van der Waals surface area contributed by atoms with E-state index in [4.69, 9.17) is 16.3 Å². The van der Waals surface area contributed by atoms with E-state index in [1.54, 1.807) is 0 Å². The van der Waals surface area contributed by atoms with Gasteiger partial charge >= 0.3 is 0 Å². The van der Waals surface area contributed by atoms with Crippen LogP contribution < -0.4 is 10.1 Å². The molecule has 2 aliphatic heterocycles. The Morgan fingerprint density at radius 1 is 1.41 bits per heavy atom. The van der Waals surface area contributed by atoms with Gasteiger partial charge in [-0.1, -0.05) is 17.7 Å². The molecule has 2 heterocycles. The van der Waals surface area contributed by atoms with E-state index in [9.17, 15) is 0 Å².